The largest absolute Gasteiger partial charge is 0.506 e. The Bertz CT molecular complexity index is 662. The molecule has 21 heavy (non-hydrogen) atoms. The molecule has 0 unspecified atom stereocenters. The van der Waals surface area contributed by atoms with Crippen LogP contribution in [0.1, 0.15) is 11.1 Å². The molecule has 1 aromatic rings. The SMILES string of the molecule is Cc1cc(/C=C2\SC(=O)N(CC(=O)O)C2=O)cc(Br)c1O. The number of nitrogens with zero attached hydrogens (tertiary/aromatic N) is 1. The van der Waals surface area contributed by atoms with E-state index in [0.717, 1.165) is 0 Å². The number of hydrogen-bond acceptors (Lipinski definition) is 5. The molecule has 1 aliphatic heterocycles. The van der Waals surface area contributed by atoms with Gasteiger partial charge >= 0.3 is 5.97 Å². The number of aliphatic carboxylic acids is 1. The van der Waals surface area contributed by atoms with Crippen molar-refractivity contribution in [3.05, 3.63) is 32.6 Å². The van der Waals surface area contributed by atoms with Crippen molar-refractivity contribution in [1.82, 2.24) is 4.90 Å². The number of hydrogen-bond donors (Lipinski definition) is 2. The Hall–Kier alpha value is -1.80. The van der Waals surface area contributed by atoms with Gasteiger partial charge < -0.3 is 10.2 Å². The summed E-state index contributed by atoms with van der Waals surface area (Å²) < 4.78 is 0.471. The molecule has 1 heterocycles. The summed E-state index contributed by atoms with van der Waals surface area (Å²) in [7, 11) is 0. The molecule has 0 spiro atoms. The predicted molar refractivity (Wildman–Crippen MR) is 80.9 cm³/mol. The number of imide groups is 1. The normalized spacial score (nSPS) is 16.9. The summed E-state index contributed by atoms with van der Waals surface area (Å²) in [5, 5.41) is 17.7. The van der Waals surface area contributed by atoms with Crippen molar-refractivity contribution in [2.24, 2.45) is 0 Å². The molecule has 0 radical (unpaired) electrons. The fraction of sp³-hybridized carbons (Fsp3) is 0.154. The van der Waals surface area contributed by atoms with Gasteiger partial charge in [0.2, 0.25) is 0 Å². The van der Waals surface area contributed by atoms with Gasteiger partial charge in [-0.3, -0.25) is 19.3 Å². The van der Waals surface area contributed by atoms with Crippen LogP contribution in [0.15, 0.2) is 21.5 Å². The molecule has 1 aromatic carbocycles. The zero-order valence-electron chi connectivity index (χ0n) is 10.8. The molecule has 6 nitrogen and oxygen atoms in total. The number of carboxylic acid groups (broad SMARTS) is 1. The minimum Gasteiger partial charge on any atom is -0.506 e. The first-order valence-corrected chi connectivity index (χ1v) is 7.37. The molecule has 8 heteroatoms. The quantitative estimate of drug-likeness (QED) is 0.792. The van der Waals surface area contributed by atoms with Crippen LogP contribution >= 0.6 is 27.7 Å². The lowest BCUT2D eigenvalue weighted by Gasteiger charge is -2.08. The van der Waals surface area contributed by atoms with Gasteiger partial charge in [0.05, 0.1) is 9.38 Å². The van der Waals surface area contributed by atoms with E-state index in [-0.39, 0.29) is 10.7 Å². The van der Waals surface area contributed by atoms with Crippen molar-refractivity contribution in [3.63, 3.8) is 0 Å². The zero-order valence-corrected chi connectivity index (χ0v) is 13.2. The highest BCUT2D eigenvalue weighted by atomic mass is 79.9. The molecule has 0 aliphatic carbocycles. The molecular weight excluding hydrogens is 362 g/mol. The highest BCUT2D eigenvalue weighted by Crippen LogP contribution is 2.34. The van der Waals surface area contributed by atoms with Crippen LogP contribution in [-0.2, 0) is 9.59 Å². The summed E-state index contributed by atoms with van der Waals surface area (Å²) in [6.07, 6.45) is 1.49. The monoisotopic (exact) mass is 371 g/mol. The number of carbonyl (C=O) groups excluding carboxylic acids is 2. The maximum atomic E-state index is 12.0. The van der Waals surface area contributed by atoms with Gasteiger partial charge in [0.15, 0.2) is 0 Å². The van der Waals surface area contributed by atoms with Crippen molar-refractivity contribution in [1.29, 1.82) is 0 Å². The summed E-state index contributed by atoms with van der Waals surface area (Å²) in [4.78, 5) is 35.1. The van der Waals surface area contributed by atoms with Gasteiger partial charge in [0.25, 0.3) is 11.1 Å². The fourth-order valence-corrected chi connectivity index (χ4v) is 3.18. The first-order valence-electron chi connectivity index (χ1n) is 5.76. The van der Waals surface area contributed by atoms with Crippen molar-refractivity contribution in [2.45, 2.75) is 6.92 Å². The van der Waals surface area contributed by atoms with Gasteiger partial charge in [0.1, 0.15) is 12.3 Å². The van der Waals surface area contributed by atoms with Gasteiger partial charge in [-0.15, -0.1) is 0 Å². The molecule has 1 saturated heterocycles. The number of halogens is 1. The standard InChI is InChI=1S/C13H10BrNO5S/c1-6-2-7(3-8(14)11(6)18)4-9-12(19)15(5-10(16)17)13(20)21-9/h2-4,18H,5H2,1H3,(H,16,17)/b9-4-. The maximum absolute atomic E-state index is 12.0. The second kappa shape index (κ2) is 5.90. The fourth-order valence-electron chi connectivity index (χ4n) is 1.77. The van der Waals surface area contributed by atoms with Gasteiger partial charge in [-0.25, -0.2) is 0 Å². The minimum absolute atomic E-state index is 0.103. The molecule has 2 N–H and O–H groups in total. The van der Waals surface area contributed by atoms with E-state index in [4.69, 9.17) is 5.11 Å². The van der Waals surface area contributed by atoms with E-state index in [1.165, 1.54) is 6.08 Å². The molecule has 1 fully saturated rings. The van der Waals surface area contributed by atoms with Gasteiger partial charge in [-0.1, -0.05) is 0 Å². The topological polar surface area (TPSA) is 94.9 Å². The van der Waals surface area contributed by atoms with Gasteiger partial charge in [-0.05, 0) is 64.0 Å². The van der Waals surface area contributed by atoms with E-state index in [0.29, 0.717) is 32.3 Å². The van der Waals surface area contributed by atoms with Gasteiger partial charge in [0, 0.05) is 0 Å². The average molecular weight is 372 g/mol. The van der Waals surface area contributed by atoms with E-state index < -0.39 is 23.7 Å². The van der Waals surface area contributed by atoms with E-state index in [1.54, 1.807) is 19.1 Å². The molecule has 2 amide bonds. The van der Waals surface area contributed by atoms with Crippen LogP contribution in [0.4, 0.5) is 4.79 Å². The highest BCUT2D eigenvalue weighted by Gasteiger charge is 2.36. The van der Waals surface area contributed by atoms with Crippen molar-refractivity contribution >= 4 is 50.9 Å². The number of carboxylic acids is 1. The maximum Gasteiger partial charge on any atom is 0.323 e. The van der Waals surface area contributed by atoms with Crippen LogP contribution in [0.3, 0.4) is 0 Å². The first kappa shape index (κ1) is 15.6. The van der Waals surface area contributed by atoms with Gasteiger partial charge in [-0.2, -0.15) is 0 Å². The second-order valence-corrected chi connectivity index (χ2v) is 6.18. The summed E-state index contributed by atoms with van der Waals surface area (Å²) in [5.74, 6) is -1.78. The molecule has 0 aromatic heterocycles. The molecule has 2 rings (SSSR count). The van der Waals surface area contributed by atoms with E-state index in [1.807, 2.05) is 0 Å². The number of benzene rings is 1. The number of phenolic OH excluding ortho intramolecular Hbond substituents is 1. The van der Waals surface area contributed by atoms with Crippen LogP contribution in [0.5, 0.6) is 5.75 Å². The highest BCUT2D eigenvalue weighted by molar-refractivity contribution is 9.10. The van der Waals surface area contributed by atoms with Crippen LogP contribution < -0.4 is 0 Å². The lowest BCUT2D eigenvalue weighted by Crippen LogP contribution is -2.33. The third kappa shape index (κ3) is 3.27. The second-order valence-electron chi connectivity index (χ2n) is 4.33. The van der Waals surface area contributed by atoms with E-state index in [9.17, 15) is 19.5 Å². The third-order valence-electron chi connectivity index (χ3n) is 2.74. The minimum atomic E-state index is -1.25. The Balaban J connectivity index is 2.33. The van der Waals surface area contributed by atoms with Crippen molar-refractivity contribution < 1.29 is 24.6 Å². The van der Waals surface area contributed by atoms with Crippen LogP contribution in [-0.4, -0.2) is 38.8 Å². The van der Waals surface area contributed by atoms with Crippen molar-refractivity contribution in [3.8, 4) is 5.75 Å². The first-order chi connectivity index (χ1) is 9.79. The smallest absolute Gasteiger partial charge is 0.323 e. The Morgan fingerprint density at radius 1 is 1.43 bits per heavy atom. The number of aromatic hydroxyl groups is 1. The molecule has 110 valence electrons. The average Bonchev–Trinajstić information content (AvgIpc) is 2.63. The summed E-state index contributed by atoms with van der Waals surface area (Å²) >= 11 is 3.88. The lowest BCUT2D eigenvalue weighted by atomic mass is 10.1. The van der Waals surface area contributed by atoms with Crippen LogP contribution in [0.25, 0.3) is 6.08 Å². The number of aryl methyl sites for hydroxylation is 1. The van der Waals surface area contributed by atoms with Crippen LogP contribution in [0, 0.1) is 6.92 Å². The van der Waals surface area contributed by atoms with Crippen LogP contribution in [0.2, 0.25) is 0 Å². The Labute approximate surface area is 132 Å². The van der Waals surface area contributed by atoms with E-state index in [2.05, 4.69) is 15.9 Å². The summed E-state index contributed by atoms with van der Waals surface area (Å²) in [5.41, 5.74) is 1.23. The molecule has 0 saturated carbocycles. The van der Waals surface area contributed by atoms with Crippen molar-refractivity contribution in [2.75, 3.05) is 6.54 Å². The summed E-state index contributed by atoms with van der Waals surface area (Å²) in [6.45, 7) is 1.05. The number of rotatable bonds is 3. The molecule has 1 aliphatic rings. The number of phenols is 1. The number of carbonyl (C=O) groups is 3. The third-order valence-corrected chi connectivity index (χ3v) is 4.25. The lowest BCUT2D eigenvalue weighted by molar-refractivity contribution is -0.140. The predicted octanol–water partition coefficient (Wildman–Crippen LogP) is 2.58. The Morgan fingerprint density at radius 2 is 2.10 bits per heavy atom. The zero-order chi connectivity index (χ0) is 15.7. The molecule has 0 atom stereocenters. The summed E-state index contributed by atoms with van der Waals surface area (Å²) in [6, 6.07) is 3.26. The molecular formula is C13H10BrNO5S. The Kier molecular flexibility index (Phi) is 4.38. The van der Waals surface area contributed by atoms with E-state index >= 15 is 0 Å². The Morgan fingerprint density at radius 3 is 2.67 bits per heavy atom. The number of thioether (sulfide) groups is 1. The molecule has 0 bridgehead atoms. The number of amides is 2.